The van der Waals surface area contributed by atoms with E-state index in [0.717, 1.165) is 15.2 Å². The quantitative estimate of drug-likeness (QED) is 0.697. The zero-order chi connectivity index (χ0) is 13.9. The van der Waals surface area contributed by atoms with Gasteiger partial charge in [0.15, 0.2) is 0 Å². The van der Waals surface area contributed by atoms with Gasteiger partial charge < -0.3 is 5.32 Å². The lowest BCUT2D eigenvalue weighted by Crippen LogP contribution is -2.20. The first-order valence-electron chi connectivity index (χ1n) is 6.35. The smallest absolute Gasteiger partial charge is 0.0887 e. The molecule has 2 atom stereocenters. The summed E-state index contributed by atoms with van der Waals surface area (Å²) in [5, 5.41) is 4.22. The lowest BCUT2D eigenvalue weighted by atomic mass is 9.83. The van der Waals surface area contributed by atoms with E-state index in [1.807, 2.05) is 7.05 Å². The van der Waals surface area contributed by atoms with Crippen LogP contribution in [0.5, 0.6) is 0 Å². The van der Waals surface area contributed by atoms with Crippen molar-refractivity contribution in [3.8, 4) is 0 Å². The molecule has 18 heavy (non-hydrogen) atoms. The Hall–Kier alpha value is 0.430. The third kappa shape index (κ3) is 5.20. The molecule has 1 aromatic heterocycles. The van der Waals surface area contributed by atoms with Gasteiger partial charge in [-0.1, -0.05) is 39.3 Å². The van der Waals surface area contributed by atoms with Crippen LogP contribution in [-0.4, -0.2) is 7.05 Å². The van der Waals surface area contributed by atoms with E-state index >= 15 is 0 Å². The van der Waals surface area contributed by atoms with Crippen molar-refractivity contribution in [2.24, 2.45) is 11.3 Å². The molecule has 0 aliphatic rings. The number of halogens is 2. The number of hydrogen-bond acceptors (Lipinski definition) is 2. The molecule has 0 bridgehead atoms. The topological polar surface area (TPSA) is 12.0 Å². The summed E-state index contributed by atoms with van der Waals surface area (Å²) in [6, 6.07) is 2.47. The van der Waals surface area contributed by atoms with E-state index in [1.165, 1.54) is 11.3 Å². The zero-order valence-corrected chi connectivity index (χ0v) is 15.0. The van der Waals surface area contributed by atoms with E-state index in [9.17, 15) is 0 Å². The van der Waals surface area contributed by atoms with Crippen LogP contribution < -0.4 is 5.32 Å². The Labute approximate surface area is 128 Å². The van der Waals surface area contributed by atoms with Gasteiger partial charge in [-0.25, -0.2) is 0 Å². The standard InChI is InChI=1S/C14H23BrClNS/c1-9(8-14(2,3)4)6-11(17-5)12-7-10(16)13(15)18-12/h7,9,11,17H,6,8H2,1-5H3. The predicted octanol–water partition coefficient (Wildman–Crippen LogP) is 5.89. The van der Waals surface area contributed by atoms with Gasteiger partial charge in [0.25, 0.3) is 0 Å². The van der Waals surface area contributed by atoms with Crippen molar-refractivity contribution in [3.63, 3.8) is 0 Å². The van der Waals surface area contributed by atoms with Crippen LogP contribution in [0.25, 0.3) is 0 Å². The molecule has 1 nitrogen and oxygen atoms in total. The Bertz CT molecular complexity index is 364. The van der Waals surface area contributed by atoms with Gasteiger partial charge in [0, 0.05) is 10.9 Å². The van der Waals surface area contributed by atoms with Gasteiger partial charge in [0.1, 0.15) is 0 Å². The first-order valence-corrected chi connectivity index (χ1v) is 8.33. The average Bonchev–Trinajstić information content (AvgIpc) is 2.53. The molecule has 0 aliphatic heterocycles. The first-order chi connectivity index (χ1) is 8.23. The second kappa shape index (κ2) is 6.74. The van der Waals surface area contributed by atoms with Gasteiger partial charge in [0.05, 0.1) is 8.81 Å². The van der Waals surface area contributed by atoms with Crippen molar-refractivity contribution in [1.29, 1.82) is 0 Å². The van der Waals surface area contributed by atoms with Crippen LogP contribution in [-0.2, 0) is 0 Å². The van der Waals surface area contributed by atoms with Gasteiger partial charge in [-0.05, 0) is 53.2 Å². The lowest BCUT2D eigenvalue weighted by molar-refractivity contribution is 0.280. The molecule has 0 amide bonds. The number of thiophene rings is 1. The molecule has 1 N–H and O–H groups in total. The SMILES string of the molecule is CNC(CC(C)CC(C)(C)C)c1cc(Cl)c(Br)s1. The number of rotatable bonds is 5. The maximum atomic E-state index is 6.11. The molecular weight excluding hydrogens is 330 g/mol. The molecule has 104 valence electrons. The van der Waals surface area contributed by atoms with E-state index in [-0.39, 0.29) is 0 Å². The first kappa shape index (κ1) is 16.5. The molecule has 0 saturated carbocycles. The molecule has 1 heterocycles. The van der Waals surface area contributed by atoms with Crippen LogP contribution in [0.2, 0.25) is 5.02 Å². The third-order valence-electron chi connectivity index (χ3n) is 2.96. The molecule has 2 unspecified atom stereocenters. The van der Waals surface area contributed by atoms with Gasteiger partial charge in [-0.15, -0.1) is 11.3 Å². The summed E-state index contributed by atoms with van der Waals surface area (Å²) in [5.74, 6) is 0.696. The second-order valence-corrected chi connectivity index (χ2v) is 9.03. The highest BCUT2D eigenvalue weighted by molar-refractivity contribution is 9.11. The highest BCUT2D eigenvalue weighted by Gasteiger charge is 2.21. The Morgan fingerprint density at radius 2 is 2.06 bits per heavy atom. The minimum atomic E-state index is 0.394. The van der Waals surface area contributed by atoms with Crippen molar-refractivity contribution in [2.45, 2.75) is 46.6 Å². The minimum Gasteiger partial charge on any atom is -0.312 e. The van der Waals surface area contributed by atoms with Crippen molar-refractivity contribution in [3.05, 3.63) is 19.8 Å². The molecule has 0 aliphatic carbocycles. The lowest BCUT2D eigenvalue weighted by Gasteiger charge is -2.26. The fraction of sp³-hybridized carbons (Fsp3) is 0.714. The van der Waals surface area contributed by atoms with E-state index in [0.29, 0.717) is 17.4 Å². The highest BCUT2D eigenvalue weighted by atomic mass is 79.9. The predicted molar refractivity (Wildman–Crippen MR) is 86.7 cm³/mol. The summed E-state index contributed by atoms with van der Waals surface area (Å²) >= 11 is 11.3. The zero-order valence-electron chi connectivity index (χ0n) is 11.8. The molecule has 0 fully saturated rings. The summed E-state index contributed by atoms with van der Waals surface area (Å²) in [5.41, 5.74) is 0.394. The summed E-state index contributed by atoms with van der Waals surface area (Å²) in [6.07, 6.45) is 2.39. The Morgan fingerprint density at radius 1 is 1.44 bits per heavy atom. The summed E-state index contributed by atoms with van der Waals surface area (Å²) in [6.45, 7) is 9.24. The van der Waals surface area contributed by atoms with E-state index < -0.39 is 0 Å². The summed E-state index contributed by atoms with van der Waals surface area (Å²) in [4.78, 5) is 1.31. The van der Waals surface area contributed by atoms with Crippen molar-refractivity contribution in [1.82, 2.24) is 5.32 Å². The summed E-state index contributed by atoms with van der Waals surface area (Å²) < 4.78 is 1.03. The highest BCUT2D eigenvalue weighted by Crippen LogP contribution is 2.38. The van der Waals surface area contributed by atoms with E-state index in [2.05, 4.69) is 55.0 Å². The monoisotopic (exact) mass is 351 g/mol. The average molecular weight is 353 g/mol. The maximum absolute atomic E-state index is 6.11. The molecule has 1 rings (SSSR count). The third-order valence-corrected chi connectivity index (χ3v) is 5.54. The largest absolute Gasteiger partial charge is 0.312 e. The van der Waals surface area contributed by atoms with Crippen LogP contribution in [0.3, 0.4) is 0 Å². The Morgan fingerprint density at radius 3 is 2.44 bits per heavy atom. The second-order valence-electron chi connectivity index (χ2n) is 6.22. The fourth-order valence-corrected chi connectivity index (χ4v) is 4.31. The van der Waals surface area contributed by atoms with Crippen LogP contribution >= 0.6 is 38.9 Å². The molecule has 0 aromatic carbocycles. The van der Waals surface area contributed by atoms with Crippen LogP contribution in [0.4, 0.5) is 0 Å². The van der Waals surface area contributed by atoms with Crippen molar-refractivity contribution < 1.29 is 0 Å². The van der Waals surface area contributed by atoms with Gasteiger partial charge >= 0.3 is 0 Å². The van der Waals surface area contributed by atoms with Crippen LogP contribution in [0.1, 0.15) is 51.5 Å². The minimum absolute atomic E-state index is 0.394. The summed E-state index contributed by atoms with van der Waals surface area (Å²) in [7, 11) is 2.02. The Balaban J connectivity index is 2.67. The van der Waals surface area contributed by atoms with Gasteiger partial charge in [-0.2, -0.15) is 0 Å². The fourth-order valence-electron chi connectivity index (χ4n) is 2.44. The van der Waals surface area contributed by atoms with Crippen LogP contribution in [0.15, 0.2) is 9.85 Å². The molecule has 1 aromatic rings. The molecule has 4 heteroatoms. The van der Waals surface area contributed by atoms with E-state index in [1.54, 1.807) is 11.3 Å². The number of nitrogens with one attached hydrogen (secondary N) is 1. The van der Waals surface area contributed by atoms with E-state index in [4.69, 9.17) is 11.6 Å². The van der Waals surface area contributed by atoms with Crippen molar-refractivity contribution in [2.75, 3.05) is 7.05 Å². The van der Waals surface area contributed by atoms with Gasteiger partial charge in [-0.3, -0.25) is 0 Å². The van der Waals surface area contributed by atoms with Crippen molar-refractivity contribution >= 4 is 38.9 Å². The maximum Gasteiger partial charge on any atom is 0.0887 e. The molecule has 0 radical (unpaired) electrons. The normalized spacial score (nSPS) is 15.7. The molecule has 0 spiro atoms. The van der Waals surface area contributed by atoms with Crippen LogP contribution in [0, 0.1) is 11.3 Å². The molecular formula is C14H23BrClNS. The molecule has 0 saturated heterocycles. The Kier molecular flexibility index (Phi) is 6.17. The number of hydrogen-bond donors (Lipinski definition) is 1. The van der Waals surface area contributed by atoms with Gasteiger partial charge in [0.2, 0.25) is 0 Å².